The summed E-state index contributed by atoms with van der Waals surface area (Å²) >= 11 is 0. The third kappa shape index (κ3) is 19.1. The maximum atomic E-state index is 15.4. The molecule has 0 N–H and O–H groups in total. The number of hydrogen-bond donors (Lipinski definition) is 0. The van der Waals surface area contributed by atoms with Crippen molar-refractivity contribution >= 4 is 53.7 Å². The molecule has 0 aromatic heterocycles. The minimum absolute atomic E-state index is 0.0241. The molecule has 29 heteroatoms. The SMILES string of the molecule is CC[C@@H](OC(C)=O)[C@@H](OC(C)=O)[C@@H]1O[C@@]2(CC(C)C1C)O[C@@H]1C(OC2=O)[C@H](O[C@@H]2C(COC(C)=O)O[C@@H](C(C)C)C(C)[C@H]2C)OC(COC(C)=O)[C@@H]1O[C@@H]1OC(COC(C)=O)[C@H](C)[C@H](O[C@@H]2OC(COC(C)=O)[C@H](C)[C@H](C)C2O[C@@H]2OC(C)[C@@H](C)[C@H](OC(C)=O)C2OC(C)=O)C1C. The molecule has 0 aromatic carbocycles. The van der Waals surface area contributed by atoms with Gasteiger partial charge in [0.15, 0.2) is 43.5 Å². The lowest BCUT2D eigenvalue weighted by molar-refractivity contribution is -0.420. The molecule has 0 aliphatic carbocycles. The summed E-state index contributed by atoms with van der Waals surface area (Å²) < 4.78 is 129. The second kappa shape index (κ2) is 34.0. The summed E-state index contributed by atoms with van der Waals surface area (Å²) in [7, 11) is 0. The second-order valence-electron chi connectivity index (χ2n) is 28.0. The van der Waals surface area contributed by atoms with E-state index >= 15 is 4.79 Å². The van der Waals surface area contributed by atoms with Crippen LogP contribution in [0, 0.1) is 59.2 Å². The van der Waals surface area contributed by atoms with E-state index < -0.39 is 230 Å². The van der Waals surface area contributed by atoms with Gasteiger partial charge in [-0.3, -0.25) is 38.4 Å². The van der Waals surface area contributed by atoms with Crippen LogP contribution in [0.3, 0.4) is 0 Å². The van der Waals surface area contributed by atoms with Crippen LogP contribution < -0.4 is 0 Å². The number of ether oxygens (including phenoxy) is 20. The smallest absolute Gasteiger partial charge is 0.367 e. The van der Waals surface area contributed by atoms with Gasteiger partial charge in [0.1, 0.15) is 75.3 Å². The van der Waals surface area contributed by atoms with Crippen LogP contribution in [0.15, 0.2) is 0 Å². The van der Waals surface area contributed by atoms with Crippen molar-refractivity contribution in [1.29, 1.82) is 0 Å². The monoisotopic (exact) mass is 1390 g/mol. The molecule has 7 heterocycles. The molecule has 31 atom stereocenters. The summed E-state index contributed by atoms with van der Waals surface area (Å²) in [5.74, 6) is -12.9. The first-order chi connectivity index (χ1) is 45.5. The van der Waals surface area contributed by atoms with Crippen molar-refractivity contribution in [3.8, 4) is 0 Å². The van der Waals surface area contributed by atoms with Crippen molar-refractivity contribution in [2.24, 2.45) is 59.2 Å². The maximum absolute atomic E-state index is 15.4. The van der Waals surface area contributed by atoms with Gasteiger partial charge in [0.05, 0.1) is 36.6 Å². The van der Waals surface area contributed by atoms with Crippen molar-refractivity contribution < 1.29 is 138 Å². The standard InChI is InChI=1S/C68H106O29/c1-22-47(83-43(18)73)58(85-45(20)75)56-30(5)29(4)23-68(96-56)67(77)95-62-60(97-68)59(51(27-81-42(17)72)90-66(62)92-54-34(9)33(8)52(28(2)3)87-50(54)26-80-41(16)71)94-63-37(12)53(36(11)49(88-63)25-79-40(15)70)91-64-57(32(7)31(6)48(89-64)24-78-39(14)69)93-65-61(86-46(21)76)55(84-44(19)74)35(10)38(13)82-65/h28-38,47-66H,22-27H2,1-21H3/t29?,30?,31-,32+,33?,34-,35-,36+,37?,38?,47-,48?,49?,50?,51?,52+,53+,54+,55+,56-,57?,58-,59+,60+,61?,62?,63+,64+,65+,66+,68+/m1/s1. The van der Waals surface area contributed by atoms with E-state index in [0.717, 1.165) is 0 Å². The van der Waals surface area contributed by atoms with E-state index in [9.17, 15) is 38.4 Å². The Labute approximate surface area is 568 Å². The molecule has 7 rings (SSSR count). The highest BCUT2D eigenvalue weighted by atomic mass is 16.8. The highest BCUT2D eigenvalue weighted by molar-refractivity contribution is 5.79. The molecule has 1 spiro atoms. The van der Waals surface area contributed by atoms with E-state index in [-0.39, 0.29) is 56.5 Å². The fraction of sp³-hybridized carbons (Fsp3) is 0.868. The quantitative estimate of drug-likeness (QED) is 0.0816. The van der Waals surface area contributed by atoms with Gasteiger partial charge in [-0.05, 0) is 54.8 Å². The molecule has 0 saturated carbocycles. The van der Waals surface area contributed by atoms with Crippen molar-refractivity contribution in [3.63, 3.8) is 0 Å². The summed E-state index contributed by atoms with van der Waals surface area (Å²) in [6.45, 7) is 32.8. The minimum Gasteiger partial charge on any atom is -0.463 e. The third-order valence-corrected chi connectivity index (χ3v) is 20.4. The molecule has 552 valence electrons. The molecule has 12 unspecified atom stereocenters. The summed E-state index contributed by atoms with van der Waals surface area (Å²) in [6, 6.07) is 0. The Morgan fingerprint density at radius 1 is 0.423 bits per heavy atom. The molecule has 7 fully saturated rings. The zero-order valence-electron chi connectivity index (χ0n) is 60.0. The molecule has 0 bridgehead atoms. The zero-order valence-corrected chi connectivity index (χ0v) is 60.0. The largest absolute Gasteiger partial charge is 0.463 e. The van der Waals surface area contributed by atoms with Gasteiger partial charge < -0.3 is 94.7 Å². The van der Waals surface area contributed by atoms with E-state index in [4.69, 9.17) is 94.7 Å². The number of carbonyl (C=O) groups excluding carboxylic acids is 9. The molecule has 0 radical (unpaired) electrons. The number of fused-ring (bicyclic) bond motifs is 1. The molecule has 0 amide bonds. The Kier molecular flexibility index (Phi) is 27.7. The number of esters is 9. The second-order valence-corrected chi connectivity index (χ2v) is 28.0. The van der Waals surface area contributed by atoms with Crippen LogP contribution in [0.2, 0.25) is 0 Å². The third-order valence-electron chi connectivity index (χ3n) is 20.4. The predicted octanol–water partition coefficient (Wildman–Crippen LogP) is 5.78. The zero-order chi connectivity index (χ0) is 72.0. The molecule has 97 heavy (non-hydrogen) atoms. The Morgan fingerprint density at radius 3 is 1.43 bits per heavy atom. The molecule has 7 aliphatic rings. The van der Waals surface area contributed by atoms with Gasteiger partial charge in [0.25, 0.3) is 5.79 Å². The number of hydrogen-bond acceptors (Lipinski definition) is 29. The van der Waals surface area contributed by atoms with Gasteiger partial charge >= 0.3 is 53.7 Å². The summed E-state index contributed by atoms with van der Waals surface area (Å²) in [5, 5.41) is 0. The Morgan fingerprint density at radius 2 is 0.897 bits per heavy atom. The summed E-state index contributed by atoms with van der Waals surface area (Å²) in [4.78, 5) is 117. The average Bonchev–Trinajstić information content (AvgIpc) is 0.726. The van der Waals surface area contributed by atoms with Crippen molar-refractivity contribution in [1.82, 2.24) is 0 Å². The number of rotatable bonds is 24. The van der Waals surface area contributed by atoms with Crippen LogP contribution in [0.25, 0.3) is 0 Å². The van der Waals surface area contributed by atoms with Crippen LogP contribution in [-0.2, 0) is 138 Å². The maximum Gasteiger partial charge on any atom is 0.367 e. The predicted molar refractivity (Wildman–Crippen MR) is 332 cm³/mol. The van der Waals surface area contributed by atoms with Gasteiger partial charge in [-0.1, -0.05) is 83.1 Å². The van der Waals surface area contributed by atoms with Crippen LogP contribution in [0.1, 0.15) is 158 Å². The molecular weight excluding hydrogens is 1280 g/mol. The van der Waals surface area contributed by atoms with Crippen molar-refractivity contribution in [2.45, 2.75) is 293 Å². The fourth-order valence-electron chi connectivity index (χ4n) is 14.5. The van der Waals surface area contributed by atoms with Crippen LogP contribution in [0.4, 0.5) is 0 Å². The lowest BCUT2D eigenvalue weighted by Crippen LogP contribution is -2.72. The van der Waals surface area contributed by atoms with E-state index in [1.165, 1.54) is 55.4 Å². The molecule has 7 saturated heterocycles. The fourth-order valence-corrected chi connectivity index (χ4v) is 14.5. The Hall–Kier alpha value is -5.21. The van der Waals surface area contributed by atoms with Crippen molar-refractivity contribution in [3.05, 3.63) is 0 Å². The minimum atomic E-state index is -2.33. The Bertz CT molecular complexity index is 2730. The van der Waals surface area contributed by atoms with Gasteiger partial charge in [-0.15, -0.1) is 0 Å². The van der Waals surface area contributed by atoms with Crippen molar-refractivity contribution in [2.75, 3.05) is 26.4 Å². The van der Waals surface area contributed by atoms with Gasteiger partial charge in [-0.2, -0.15) is 0 Å². The topological polar surface area (TPSA) is 338 Å². The van der Waals surface area contributed by atoms with Crippen LogP contribution in [0.5, 0.6) is 0 Å². The van der Waals surface area contributed by atoms with Crippen LogP contribution >= 0.6 is 0 Å². The van der Waals surface area contributed by atoms with Gasteiger partial charge in [0, 0.05) is 79.6 Å². The first kappa shape index (κ1) is 79.1. The number of carbonyl (C=O) groups is 9. The van der Waals surface area contributed by atoms with E-state index in [2.05, 4.69) is 0 Å². The molecule has 0 aromatic rings. The highest BCUT2D eigenvalue weighted by Crippen LogP contribution is 2.49. The highest BCUT2D eigenvalue weighted by Gasteiger charge is 2.66. The van der Waals surface area contributed by atoms with E-state index in [1.807, 2.05) is 55.4 Å². The first-order valence-electron chi connectivity index (χ1n) is 34.2. The molecule has 7 aliphatic heterocycles. The lowest BCUT2D eigenvalue weighted by Gasteiger charge is -2.56. The van der Waals surface area contributed by atoms with E-state index in [1.54, 1.807) is 34.6 Å². The van der Waals surface area contributed by atoms with Gasteiger partial charge in [0.2, 0.25) is 0 Å². The Balaban J connectivity index is 1.35. The molecular formula is C68H106O29. The average molecular weight is 1390 g/mol. The lowest BCUT2D eigenvalue weighted by atomic mass is 9.77. The molecule has 29 nitrogen and oxygen atoms in total. The van der Waals surface area contributed by atoms with Gasteiger partial charge in [-0.25, -0.2) is 4.79 Å². The summed E-state index contributed by atoms with van der Waals surface area (Å²) in [5.41, 5.74) is 0. The van der Waals surface area contributed by atoms with E-state index in [0.29, 0.717) is 0 Å². The normalized spacial score (nSPS) is 41.2. The first-order valence-corrected chi connectivity index (χ1v) is 34.2. The summed E-state index contributed by atoms with van der Waals surface area (Å²) in [6.07, 6.45) is -24.1. The van der Waals surface area contributed by atoms with Crippen LogP contribution in [-0.4, -0.2) is 215 Å².